The van der Waals surface area contributed by atoms with Crippen molar-refractivity contribution < 1.29 is 0 Å². The first-order valence-electron chi connectivity index (χ1n) is 6.48. The van der Waals surface area contributed by atoms with E-state index in [4.69, 9.17) is 0 Å². The molecule has 3 heterocycles. The van der Waals surface area contributed by atoms with Crippen LogP contribution in [0.2, 0.25) is 0 Å². The van der Waals surface area contributed by atoms with E-state index < -0.39 is 0 Å². The van der Waals surface area contributed by atoms with Gasteiger partial charge >= 0.3 is 0 Å². The summed E-state index contributed by atoms with van der Waals surface area (Å²) in [7, 11) is 0. The summed E-state index contributed by atoms with van der Waals surface area (Å²) in [5.74, 6) is 1.52. The lowest BCUT2D eigenvalue weighted by Crippen LogP contribution is -1.99. The zero-order valence-corrected chi connectivity index (χ0v) is 11.8. The number of hydrogen-bond donors (Lipinski definition) is 1. The molecule has 5 nitrogen and oxygen atoms in total. The summed E-state index contributed by atoms with van der Waals surface area (Å²) >= 11 is 1.62. The van der Waals surface area contributed by atoms with Crippen molar-refractivity contribution in [3.05, 3.63) is 60.0 Å². The summed E-state index contributed by atoms with van der Waals surface area (Å²) in [4.78, 5) is 1.05. The van der Waals surface area contributed by atoms with E-state index in [1.807, 2.05) is 60.0 Å². The molecule has 3 aromatic heterocycles. The molecule has 0 radical (unpaired) electrons. The summed E-state index contributed by atoms with van der Waals surface area (Å²) in [6, 6.07) is 17.8. The fourth-order valence-corrected chi connectivity index (χ4v) is 2.78. The number of thiophene rings is 1. The topological polar surface area (TPSA) is 55.1 Å². The maximum absolute atomic E-state index is 4.57. The highest BCUT2D eigenvalue weighted by atomic mass is 32.1. The van der Waals surface area contributed by atoms with E-state index >= 15 is 0 Å². The Morgan fingerprint density at radius 1 is 0.905 bits per heavy atom. The quantitative estimate of drug-likeness (QED) is 0.627. The molecule has 1 aromatic carbocycles. The van der Waals surface area contributed by atoms with Crippen molar-refractivity contribution in [2.24, 2.45) is 0 Å². The van der Waals surface area contributed by atoms with Crippen LogP contribution < -0.4 is 5.32 Å². The second-order valence-corrected chi connectivity index (χ2v) is 5.43. The third-order valence-corrected chi connectivity index (χ3v) is 3.92. The van der Waals surface area contributed by atoms with Gasteiger partial charge in [-0.05, 0) is 35.7 Å². The van der Waals surface area contributed by atoms with E-state index in [-0.39, 0.29) is 0 Å². The second kappa shape index (κ2) is 4.99. The van der Waals surface area contributed by atoms with Gasteiger partial charge in [0.15, 0.2) is 17.3 Å². The minimum absolute atomic E-state index is 0.733. The molecule has 0 fully saturated rings. The highest BCUT2D eigenvalue weighted by Gasteiger charge is 2.10. The molecule has 6 heteroatoms. The lowest BCUT2D eigenvalue weighted by Gasteiger charge is -2.05. The maximum Gasteiger partial charge on any atom is 0.195 e. The zero-order chi connectivity index (χ0) is 14.1. The second-order valence-electron chi connectivity index (χ2n) is 4.48. The summed E-state index contributed by atoms with van der Waals surface area (Å²) in [6.07, 6.45) is 0. The number of anilines is 2. The first-order valence-corrected chi connectivity index (χ1v) is 7.36. The monoisotopic (exact) mass is 293 g/mol. The van der Waals surface area contributed by atoms with Crippen LogP contribution in [-0.4, -0.2) is 19.8 Å². The van der Waals surface area contributed by atoms with Crippen LogP contribution in [0.4, 0.5) is 11.5 Å². The van der Waals surface area contributed by atoms with Gasteiger partial charge in [0.25, 0.3) is 0 Å². The van der Waals surface area contributed by atoms with Crippen molar-refractivity contribution in [2.75, 3.05) is 5.32 Å². The molecule has 0 amide bonds. The smallest absolute Gasteiger partial charge is 0.195 e. The average molecular weight is 293 g/mol. The Morgan fingerprint density at radius 2 is 1.81 bits per heavy atom. The van der Waals surface area contributed by atoms with Crippen LogP contribution in [0, 0.1) is 0 Å². The van der Waals surface area contributed by atoms with Crippen molar-refractivity contribution in [3.63, 3.8) is 0 Å². The summed E-state index contributed by atoms with van der Waals surface area (Å²) in [5.41, 5.74) is 1.73. The fraction of sp³-hybridized carbons (Fsp3) is 0. The number of benzene rings is 1. The Bertz CT molecular complexity index is 868. The van der Waals surface area contributed by atoms with Gasteiger partial charge in [-0.15, -0.1) is 26.6 Å². The third-order valence-electron chi connectivity index (χ3n) is 3.05. The number of rotatable bonds is 3. The molecular weight excluding hydrogens is 282 g/mol. The van der Waals surface area contributed by atoms with Crippen molar-refractivity contribution >= 4 is 28.5 Å². The molecule has 0 aliphatic rings. The number of para-hydroxylation sites is 1. The van der Waals surface area contributed by atoms with Gasteiger partial charge in [-0.1, -0.05) is 24.3 Å². The molecule has 21 heavy (non-hydrogen) atoms. The molecular formula is C15H11N5S. The first-order chi connectivity index (χ1) is 10.4. The summed E-state index contributed by atoms with van der Waals surface area (Å²) < 4.78 is 1.76. The van der Waals surface area contributed by atoms with E-state index in [0.717, 1.165) is 27.9 Å². The Balaban J connectivity index is 1.77. The minimum atomic E-state index is 0.733. The Labute approximate surface area is 124 Å². The van der Waals surface area contributed by atoms with E-state index in [1.165, 1.54) is 0 Å². The molecule has 0 unspecified atom stereocenters. The highest BCUT2D eigenvalue weighted by Crippen LogP contribution is 2.23. The van der Waals surface area contributed by atoms with Gasteiger partial charge in [0, 0.05) is 5.69 Å². The van der Waals surface area contributed by atoms with Crippen LogP contribution in [0.15, 0.2) is 60.0 Å². The van der Waals surface area contributed by atoms with Gasteiger partial charge in [0.05, 0.1) is 4.88 Å². The van der Waals surface area contributed by atoms with Gasteiger partial charge < -0.3 is 5.32 Å². The molecule has 0 aliphatic heterocycles. The number of hydrogen-bond acceptors (Lipinski definition) is 5. The van der Waals surface area contributed by atoms with Crippen molar-refractivity contribution in [2.45, 2.75) is 0 Å². The number of fused-ring (bicyclic) bond motifs is 1. The zero-order valence-electron chi connectivity index (χ0n) is 11.0. The van der Waals surface area contributed by atoms with Crippen LogP contribution >= 0.6 is 11.3 Å². The Hall–Kier alpha value is -2.73. The molecule has 0 spiro atoms. The molecule has 0 bridgehead atoms. The van der Waals surface area contributed by atoms with Gasteiger partial charge in [0.1, 0.15) is 0 Å². The van der Waals surface area contributed by atoms with Crippen molar-refractivity contribution in [3.8, 4) is 10.7 Å². The number of aromatic nitrogens is 4. The molecule has 0 saturated heterocycles. The van der Waals surface area contributed by atoms with E-state index in [2.05, 4.69) is 20.6 Å². The summed E-state index contributed by atoms with van der Waals surface area (Å²) in [6.45, 7) is 0. The Kier molecular flexibility index (Phi) is 2.86. The van der Waals surface area contributed by atoms with Crippen molar-refractivity contribution in [1.29, 1.82) is 0 Å². The summed E-state index contributed by atoms with van der Waals surface area (Å²) in [5, 5.41) is 18.2. The predicted octanol–water partition coefficient (Wildman–Crippen LogP) is 3.60. The average Bonchev–Trinajstić information content (AvgIpc) is 3.16. The molecule has 0 atom stereocenters. The van der Waals surface area contributed by atoms with Gasteiger partial charge in [0.2, 0.25) is 0 Å². The Morgan fingerprint density at radius 3 is 2.62 bits per heavy atom. The lowest BCUT2D eigenvalue weighted by molar-refractivity contribution is 0.944. The predicted molar refractivity (Wildman–Crippen MR) is 83.8 cm³/mol. The minimum Gasteiger partial charge on any atom is -0.339 e. The molecule has 102 valence electrons. The number of nitrogens with zero attached hydrogens (tertiary/aromatic N) is 4. The van der Waals surface area contributed by atoms with Crippen LogP contribution in [0.3, 0.4) is 0 Å². The highest BCUT2D eigenvalue weighted by molar-refractivity contribution is 7.13. The molecule has 4 aromatic rings. The van der Waals surface area contributed by atoms with E-state index in [1.54, 1.807) is 15.9 Å². The third kappa shape index (κ3) is 2.25. The van der Waals surface area contributed by atoms with Crippen LogP contribution in [0.25, 0.3) is 16.3 Å². The van der Waals surface area contributed by atoms with Crippen LogP contribution in [0.1, 0.15) is 0 Å². The van der Waals surface area contributed by atoms with Gasteiger partial charge in [-0.3, -0.25) is 0 Å². The van der Waals surface area contributed by atoms with E-state index in [9.17, 15) is 0 Å². The first kappa shape index (κ1) is 12.0. The maximum atomic E-state index is 4.57. The van der Waals surface area contributed by atoms with Crippen LogP contribution in [-0.2, 0) is 0 Å². The SMILES string of the molecule is c1ccc(Nc2ccc3nnc(-c4cccs4)n3n2)cc1. The normalized spacial score (nSPS) is 10.9. The molecule has 4 rings (SSSR count). The molecule has 0 saturated carbocycles. The van der Waals surface area contributed by atoms with Gasteiger partial charge in [-0.2, -0.15) is 4.52 Å². The molecule has 1 N–H and O–H groups in total. The van der Waals surface area contributed by atoms with Gasteiger partial charge in [-0.25, -0.2) is 0 Å². The largest absolute Gasteiger partial charge is 0.339 e. The van der Waals surface area contributed by atoms with Crippen molar-refractivity contribution in [1.82, 2.24) is 19.8 Å². The van der Waals surface area contributed by atoms with E-state index in [0.29, 0.717) is 0 Å². The standard InChI is InChI=1S/C15H11N5S/c1-2-5-11(6-3-1)16-13-8-9-14-17-18-15(20(14)19-13)12-7-4-10-21-12/h1-10H,(H,16,19). The van der Waals surface area contributed by atoms with Crippen LogP contribution in [0.5, 0.6) is 0 Å². The lowest BCUT2D eigenvalue weighted by atomic mass is 10.3. The number of nitrogens with one attached hydrogen (secondary N) is 1. The fourth-order valence-electron chi connectivity index (χ4n) is 2.08. The molecule has 0 aliphatic carbocycles.